The molecular weight excluding hydrogens is 355 g/mol. The summed E-state index contributed by atoms with van der Waals surface area (Å²) in [7, 11) is 9.88. The van der Waals surface area contributed by atoms with Crippen LogP contribution in [0.2, 0.25) is 0 Å². The van der Waals surface area contributed by atoms with E-state index in [1.807, 2.05) is 28.2 Å². The second kappa shape index (κ2) is 9.77. The van der Waals surface area contributed by atoms with Gasteiger partial charge in [-0.3, -0.25) is 9.89 Å². The van der Waals surface area contributed by atoms with Crippen LogP contribution in [0.3, 0.4) is 0 Å². The van der Waals surface area contributed by atoms with Gasteiger partial charge in [-0.05, 0) is 12.8 Å². The van der Waals surface area contributed by atoms with Gasteiger partial charge in [0.05, 0.1) is 13.2 Å². The predicted octanol–water partition coefficient (Wildman–Crippen LogP) is 1.19. The monoisotopic (exact) mass is 384 g/mol. The molecule has 6 heteroatoms. The molecule has 0 aliphatic heterocycles. The summed E-state index contributed by atoms with van der Waals surface area (Å²) in [6, 6.07) is 0.775. The van der Waals surface area contributed by atoms with Gasteiger partial charge in [0.2, 0.25) is 0 Å². The number of halogens is 1. The van der Waals surface area contributed by atoms with Crippen molar-refractivity contribution in [2.45, 2.75) is 18.9 Å². The van der Waals surface area contributed by atoms with Crippen molar-refractivity contribution in [1.29, 1.82) is 0 Å². The van der Waals surface area contributed by atoms with Gasteiger partial charge in [-0.25, -0.2) is 0 Å². The van der Waals surface area contributed by atoms with Crippen molar-refractivity contribution in [3.05, 3.63) is 0 Å². The van der Waals surface area contributed by atoms with Crippen molar-refractivity contribution < 1.29 is 4.74 Å². The van der Waals surface area contributed by atoms with Crippen LogP contribution in [0.15, 0.2) is 4.99 Å². The van der Waals surface area contributed by atoms with Crippen LogP contribution in [0.4, 0.5) is 0 Å². The van der Waals surface area contributed by atoms with Crippen molar-refractivity contribution in [1.82, 2.24) is 14.7 Å². The third-order valence-corrected chi connectivity index (χ3v) is 3.09. The minimum absolute atomic E-state index is 0. The van der Waals surface area contributed by atoms with Crippen molar-refractivity contribution >= 4 is 29.9 Å². The molecule has 0 aromatic rings. The van der Waals surface area contributed by atoms with Gasteiger partial charge < -0.3 is 14.5 Å². The van der Waals surface area contributed by atoms with E-state index in [9.17, 15) is 0 Å². The Balaban J connectivity index is 0.00000324. The highest BCUT2D eigenvalue weighted by Crippen LogP contribution is 2.26. The Morgan fingerprint density at radius 1 is 1.11 bits per heavy atom. The van der Waals surface area contributed by atoms with Crippen molar-refractivity contribution in [3.63, 3.8) is 0 Å². The summed E-state index contributed by atoms with van der Waals surface area (Å²) in [4.78, 5) is 11.3. The van der Waals surface area contributed by atoms with Gasteiger partial charge in [0.15, 0.2) is 5.96 Å². The van der Waals surface area contributed by atoms with Crippen LogP contribution in [0.1, 0.15) is 12.8 Å². The number of nitrogens with zero attached hydrogens (tertiary/aromatic N) is 4. The lowest BCUT2D eigenvalue weighted by Gasteiger charge is -2.24. The third kappa shape index (κ3) is 7.31. The van der Waals surface area contributed by atoms with Gasteiger partial charge in [-0.2, -0.15) is 0 Å². The number of rotatable bonds is 7. The smallest absolute Gasteiger partial charge is 0.195 e. The first-order chi connectivity index (χ1) is 8.56. The van der Waals surface area contributed by atoms with Gasteiger partial charge in [-0.15, -0.1) is 24.0 Å². The molecular formula is C13H29IN4O. The molecule has 5 nitrogen and oxygen atoms in total. The molecule has 19 heavy (non-hydrogen) atoms. The van der Waals surface area contributed by atoms with Crippen LogP contribution >= 0.6 is 24.0 Å². The van der Waals surface area contributed by atoms with Crippen molar-refractivity contribution in [2.75, 3.05) is 61.5 Å². The molecule has 0 atom stereocenters. The average molecular weight is 384 g/mol. The van der Waals surface area contributed by atoms with E-state index in [0.717, 1.165) is 38.2 Å². The van der Waals surface area contributed by atoms with Crippen LogP contribution in [0.25, 0.3) is 0 Å². The zero-order valence-electron chi connectivity index (χ0n) is 12.9. The van der Waals surface area contributed by atoms with Gasteiger partial charge in [-0.1, -0.05) is 0 Å². The fourth-order valence-electron chi connectivity index (χ4n) is 2.09. The maximum atomic E-state index is 5.16. The predicted molar refractivity (Wildman–Crippen MR) is 91.6 cm³/mol. The zero-order valence-corrected chi connectivity index (χ0v) is 15.3. The lowest BCUT2D eigenvalue weighted by molar-refractivity contribution is 0.145. The van der Waals surface area contributed by atoms with E-state index >= 15 is 0 Å². The second-order valence-corrected chi connectivity index (χ2v) is 5.23. The highest BCUT2D eigenvalue weighted by Gasteiger charge is 2.28. The van der Waals surface area contributed by atoms with Crippen LogP contribution in [-0.4, -0.2) is 88.2 Å². The van der Waals surface area contributed by atoms with E-state index in [1.54, 1.807) is 7.11 Å². The molecule has 1 rings (SSSR count). The fraction of sp³-hybridized carbons (Fsp3) is 0.923. The molecule has 0 unspecified atom stereocenters. The number of hydrogen-bond acceptors (Lipinski definition) is 3. The summed E-state index contributed by atoms with van der Waals surface area (Å²) < 4.78 is 5.16. The van der Waals surface area contributed by atoms with Crippen LogP contribution in [-0.2, 0) is 4.74 Å². The SMILES string of the molecule is COCCN(CCN=C(N(C)C)N(C)C)C1CC1.I. The first kappa shape index (κ1) is 18.9. The van der Waals surface area contributed by atoms with E-state index in [0.29, 0.717) is 0 Å². The van der Waals surface area contributed by atoms with Crippen molar-refractivity contribution in [2.24, 2.45) is 4.99 Å². The Morgan fingerprint density at radius 3 is 2.11 bits per heavy atom. The molecule has 0 aromatic heterocycles. The molecule has 0 aromatic carbocycles. The molecule has 0 saturated heterocycles. The van der Waals surface area contributed by atoms with Crippen LogP contribution in [0, 0.1) is 0 Å². The summed E-state index contributed by atoms with van der Waals surface area (Å²) in [5, 5.41) is 0. The maximum absolute atomic E-state index is 5.16. The van der Waals surface area contributed by atoms with E-state index < -0.39 is 0 Å². The molecule has 0 N–H and O–H groups in total. The van der Waals surface area contributed by atoms with E-state index in [1.165, 1.54) is 12.8 Å². The van der Waals surface area contributed by atoms with Gasteiger partial charge in [0.1, 0.15) is 0 Å². The normalized spacial score (nSPS) is 14.0. The Labute approximate surface area is 135 Å². The second-order valence-electron chi connectivity index (χ2n) is 5.23. The Bertz CT molecular complexity index is 257. The minimum atomic E-state index is 0. The first-order valence-corrected chi connectivity index (χ1v) is 6.68. The van der Waals surface area contributed by atoms with Crippen LogP contribution < -0.4 is 0 Å². The van der Waals surface area contributed by atoms with E-state index in [-0.39, 0.29) is 24.0 Å². The first-order valence-electron chi connectivity index (χ1n) is 6.68. The molecule has 0 bridgehead atoms. The van der Waals surface area contributed by atoms with E-state index in [2.05, 4.69) is 19.7 Å². The highest BCUT2D eigenvalue weighted by atomic mass is 127. The summed E-state index contributed by atoms with van der Waals surface area (Å²) >= 11 is 0. The molecule has 114 valence electrons. The summed E-state index contributed by atoms with van der Waals surface area (Å²) in [6.45, 7) is 3.72. The number of guanidine groups is 1. The molecule has 1 saturated carbocycles. The van der Waals surface area contributed by atoms with Crippen molar-refractivity contribution in [3.8, 4) is 0 Å². The van der Waals surface area contributed by atoms with Gasteiger partial charge >= 0.3 is 0 Å². The molecule has 1 aliphatic rings. The number of ether oxygens (including phenoxy) is 1. The Kier molecular flexibility index (Phi) is 9.72. The maximum Gasteiger partial charge on any atom is 0.195 e. The highest BCUT2D eigenvalue weighted by molar-refractivity contribution is 14.0. The topological polar surface area (TPSA) is 31.3 Å². The number of methoxy groups -OCH3 is 1. The zero-order chi connectivity index (χ0) is 13.5. The fourth-order valence-corrected chi connectivity index (χ4v) is 2.09. The van der Waals surface area contributed by atoms with E-state index in [4.69, 9.17) is 4.74 Å². The number of aliphatic imine (C=N–C) groups is 1. The molecule has 1 aliphatic carbocycles. The summed E-state index contributed by atoms with van der Waals surface area (Å²) in [6.07, 6.45) is 2.67. The lowest BCUT2D eigenvalue weighted by Crippen LogP contribution is -2.37. The minimum Gasteiger partial charge on any atom is -0.383 e. The number of hydrogen-bond donors (Lipinski definition) is 0. The molecule has 0 heterocycles. The standard InChI is InChI=1S/C13H28N4O.HI/c1-15(2)13(16(3)4)14-8-9-17(10-11-18-5)12-6-7-12;/h12H,6-11H2,1-5H3;1H. The van der Waals surface area contributed by atoms with Gasteiger partial charge in [0, 0.05) is 54.4 Å². The molecule has 0 amide bonds. The van der Waals surface area contributed by atoms with Gasteiger partial charge in [0.25, 0.3) is 0 Å². The molecule has 0 radical (unpaired) electrons. The Hall–Kier alpha value is -0.0800. The largest absolute Gasteiger partial charge is 0.383 e. The molecule has 0 spiro atoms. The molecule has 1 fully saturated rings. The lowest BCUT2D eigenvalue weighted by atomic mass is 10.4. The Morgan fingerprint density at radius 2 is 1.68 bits per heavy atom. The quantitative estimate of drug-likeness (QED) is 0.375. The summed E-state index contributed by atoms with van der Waals surface area (Å²) in [5.74, 6) is 1.03. The van der Waals surface area contributed by atoms with Crippen LogP contribution in [0.5, 0.6) is 0 Å². The average Bonchev–Trinajstić information content (AvgIpc) is 3.11. The third-order valence-electron chi connectivity index (χ3n) is 3.09. The summed E-state index contributed by atoms with van der Waals surface area (Å²) in [5.41, 5.74) is 0.